The van der Waals surface area contributed by atoms with Crippen molar-refractivity contribution in [2.45, 2.75) is 26.2 Å². The van der Waals surface area contributed by atoms with Gasteiger partial charge in [-0.2, -0.15) is 0 Å². The third kappa shape index (κ3) is 2.10. The van der Waals surface area contributed by atoms with E-state index in [1.807, 2.05) is 31.2 Å². The lowest BCUT2D eigenvalue weighted by Crippen LogP contribution is -2.32. The summed E-state index contributed by atoms with van der Waals surface area (Å²) in [6.07, 6.45) is 1.97. The van der Waals surface area contributed by atoms with Crippen LogP contribution in [0.1, 0.15) is 25.3 Å². The predicted molar refractivity (Wildman–Crippen MR) is 68.1 cm³/mol. The van der Waals surface area contributed by atoms with Crippen LogP contribution in [-0.4, -0.2) is 19.0 Å². The molecule has 2 rings (SSSR count). The largest absolute Gasteiger partial charge is 0.468 e. The molecular formula is C14H17NO3. The van der Waals surface area contributed by atoms with E-state index < -0.39 is 11.4 Å². The quantitative estimate of drug-likeness (QED) is 0.655. The zero-order valence-electron chi connectivity index (χ0n) is 10.7. The first-order valence-corrected chi connectivity index (χ1v) is 6.12. The molecule has 4 heteroatoms. The van der Waals surface area contributed by atoms with Crippen LogP contribution >= 0.6 is 0 Å². The smallest absolute Gasteiger partial charge is 0.321 e. The van der Waals surface area contributed by atoms with Crippen LogP contribution in [0, 0.1) is 5.41 Å². The van der Waals surface area contributed by atoms with Crippen molar-refractivity contribution >= 4 is 17.6 Å². The average Bonchev–Trinajstić information content (AvgIpc) is 3.20. The molecule has 18 heavy (non-hydrogen) atoms. The van der Waals surface area contributed by atoms with E-state index >= 15 is 0 Å². The summed E-state index contributed by atoms with van der Waals surface area (Å²) in [5.74, 6) is -0.691. The highest BCUT2D eigenvalue weighted by molar-refractivity contribution is 6.11. The molecule has 1 aromatic carbocycles. The number of amides is 1. The second-order valence-electron chi connectivity index (χ2n) is 4.54. The van der Waals surface area contributed by atoms with Gasteiger partial charge in [-0.1, -0.05) is 25.1 Å². The second-order valence-corrected chi connectivity index (χ2v) is 4.54. The first kappa shape index (κ1) is 12.6. The summed E-state index contributed by atoms with van der Waals surface area (Å²) in [6, 6.07) is 7.62. The van der Waals surface area contributed by atoms with Crippen molar-refractivity contribution in [2.24, 2.45) is 5.41 Å². The first-order chi connectivity index (χ1) is 8.64. The lowest BCUT2D eigenvalue weighted by Gasteiger charge is -2.14. The van der Waals surface area contributed by atoms with Gasteiger partial charge in [0.1, 0.15) is 5.41 Å². The normalized spacial score (nSPS) is 15.9. The number of methoxy groups -OCH3 is 1. The van der Waals surface area contributed by atoms with Crippen LogP contribution in [-0.2, 0) is 20.7 Å². The molecule has 0 unspecified atom stereocenters. The van der Waals surface area contributed by atoms with E-state index in [0.717, 1.165) is 17.7 Å². The van der Waals surface area contributed by atoms with Crippen molar-refractivity contribution in [3.63, 3.8) is 0 Å². The van der Waals surface area contributed by atoms with Gasteiger partial charge in [0.05, 0.1) is 7.11 Å². The Kier molecular flexibility index (Phi) is 3.36. The summed E-state index contributed by atoms with van der Waals surface area (Å²) in [6.45, 7) is 2.03. The highest BCUT2D eigenvalue weighted by Crippen LogP contribution is 2.47. The van der Waals surface area contributed by atoms with E-state index in [1.165, 1.54) is 7.11 Å². The summed E-state index contributed by atoms with van der Waals surface area (Å²) < 4.78 is 4.69. The third-order valence-corrected chi connectivity index (χ3v) is 3.41. The highest BCUT2D eigenvalue weighted by Gasteiger charge is 2.57. The molecule has 0 atom stereocenters. The minimum Gasteiger partial charge on any atom is -0.468 e. The standard InChI is InChI=1S/C14H17NO3/c1-3-10-6-4-5-7-11(10)15-12(16)14(8-9-14)13(17)18-2/h4-7H,3,8-9H2,1-2H3,(H,15,16). The van der Waals surface area contributed by atoms with Gasteiger partial charge in [-0.3, -0.25) is 9.59 Å². The van der Waals surface area contributed by atoms with Crippen molar-refractivity contribution in [3.8, 4) is 0 Å². The number of carbonyl (C=O) groups is 2. The fourth-order valence-electron chi connectivity index (χ4n) is 2.04. The molecular weight excluding hydrogens is 230 g/mol. The van der Waals surface area contributed by atoms with Crippen molar-refractivity contribution in [2.75, 3.05) is 12.4 Å². The van der Waals surface area contributed by atoms with Crippen LogP contribution in [0.15, 0.2) is 24.3 Å². The first-order valence-electron chi connectivity index (χ1n) is 6.12. The Morgan fingerprint density at radius 1 is 1.33 bits per heavy atom. The average molecular weight is 247 g/mol. The molecule has 0 aromatic heterocycles. The molecule has 1 aromatic rings. The highest BCUT2D eigenvalue weighted by atomic mass is 16.5. The van der Waals surface area contributed by atoms with Gasteiger partial charge in [0.15, 0.2) is 0 Å². The van der Waals surface area contributed by atoms with E-state index in [0.29, 0.717) is 12.8 Å². The fourth-order valence-corrected chi connectivity index (χ4v) is 2.04. The molecule has 0 aliphatic heterocycles. The molecule has 1 saturated carbocycles. The summed E-state index contributed by atoms with van der Waals surface area (Å²) in [5, 5.41) is 2.84. The van der Waals surface area contributed by atoms with Crippen LogP contribution in [0.25, 0.3) is 0 Å². The number of hydrogen-bond donors (Lipinski definition) is 1. The number of nitrogens with one attached hydrogen (secondary N) is 1. The molecule has 0 radical (unpaired) electrons. The second kappa shape index (κ2) is 4.80. The van der Waals surface area contributed by atoms with Crippen LogP contribution in [0.3, 0.4) is 0 Å². The van der Waals surface area contributed by atoms with Gasteiger partial charge >= 0.3 is 5.97 Å². The number of carbonyl (C=O) groups excluding carboxylic acids is 2. The molecule has 1 fully saturated rings. The van der Waals surface area contributed by atoms with Crippen LogP contribution < -0.4 is 5.32 Å². The Bertz CT molecular complexity index is 478. The molecule has 1 amide bonds. The van der Waals surface area contributed by atoms with Crippen LogP contribution in [0.2, 0.25) is 0 Å². The summed E-state index contributed by atoms with van der Waals surface area (Å²) in [4.78, 5) is 23.8. The van der Waals surface area contributed by atoms with Gasteiger partial charge in [0, 0.05) is 5.69 Å². The maximum Gasteiger partial charge on any atom is 0.321 e. The third-order valence-electron chi connectivity index (χ3n) is 3.41. The van der Waals surface area contributed by atoms with Crippen molar-refractivity contribution in [1.82, 2.24) is 0 Å². The molecule has 0 spiro atoms. The van der Waals surface area contributed by atoms with Gasteiger partial charge < -0.3 is 10.1 Å². The number of ether oxygens (including phenoxy) is 1. The number of hydrogen-bond acceptors (Lipinski definition) is 3. The van der Waals surface area contributed by atoms with E-state index in [-0.39, 0.29) is 5.91 Å². The van der Waals surface area contributed by atoms with E-state index in [4.69, 9.17) is 4.74 Å². The topological polar surface area (TPSA) is 55.4 Å². The number of anilines is 1. The van der Waals surface area contributed by atoms with Gasteiger partial charge in [0.2, 0.25) is 5.91 Å². The maximum absolute atomic E-state index is 12.2. The Morgan fingerprint density at radius 3 is 2.56 bits per heavy atom. The zero-order valence-corrected chi connectivity index (χ0v) is 10.7. The molecule has 1 aliphatic carbocycles. The Balaban J connectivity index is 2.15. The van der Waals surface area contributed by atoms with E-state index in [2.05, 4.69) is 5.32 Å². The van der Waals surface area contributed by atoms with Crippen molar-refractivity contribution in [3.05, 3.63) is 29.8 Å². The van der Waals surface area contributed by atoms with E-state index in [1.54, 1.807) is 0 Å². The fraction of sp³-hybridized carbons (Fsp3) is 0.429. The summed E-state index contributed by atoms with van der Waals surface area (Å²) >= 11 is 0. The lowest BCUT2D eigenvalue weighted by atomic mass is 10.1. The molecule has 96 valence electrons. The maximum atomic E-state index is 12.2. The van der Waals surface area contributed by atoms with Crippen molar-refractivity contribution in [1.29, 1.82) is 0 Å². The Morgan fingerprint density at radius 2 is 2.00 bits per heavy atom. The van der Waals surface area contributed by atoms with Gasteiger partial charge in [-0.25, -0.2) is 0 Å². The van der Waals surface area contributed by atoms with Gasteiger partial charge in [-0.15, -0.1) is 0 Å². The molecule has 1 aliphatic rings. The molecule has 1 N–H and O–H groups in total. The monoisotopic (exact) mass is 247 g/mol. The SMILES string of the molecule is CCc1ccccc1NC(=O)C1(C(=O)OC)CC1. The number of para-hydroxylation sites is 1. The van der Waals surface area contributed by atoms with Gasteiger partial charge in [-0.05, 0) is 30.9 Å². The Hall–Kier alpha value is -1.84. The molecule has 0 saturated heterocycles. The zero-order chi connectivity index (χ0) is 13.2. The van der Waals surface area contributed by atoms with E-state index in [9.17, 15) is 9.59 Å². The van der Waals surface area contributed by atoms with Crippen LogP contribution in [0.4, 0.5) is 5.69 Å². The minimum atomic E-state index is -0.949. The van der Waals surface area contributed by atoms with Crippen molar-refractivity contribution < 1.29 is 14.3 Å². The molecule has 0 heterocycles. The summed E-state index contributed by atoms with van der Waals surface area (Å²) in [5.41, 5.74) is 0.891. The number of benzene rings is 1. The minimum absolute atomic E-state index is 0.254. The number of aryl methyl sites for hydroxylation is 1. The molecule has 0 bridgehead atoms. The van der Waals surface area contributed by atoms with Gasteiger partial charge in [0.25, 0.3) is 0 Å². The number of rotatable bonds is 4. The Labute approximate surface area is 106 Å². The lowest BCUT2D eigenvalue weighted by molar-refractivity contribution is -0.150. The van der Waals surface area contributed by atoms with Crippen LogP contribution in [0.5, 0.6) is 0 Å². The summed E-state index contributed by atoms with van der Waals surface area (Å²) in [7, 11) is 1.32. The predicted octanol–water partition coefficient (Wildman–Crippen LogP) is 2.14. The molecule has 4 nitrogen and oxygen atoms in total. The number of esters is 1.